The molecular formula is C26H28N6O3. The number of carbonyl (C=O) groups excluding carboxylic acids is 2. The number of aryl methyl sites for hydroxylation is 2. The molecule has 0 aliphatic carbocycles. The fourth-order valence-electron chi connectivity index (χ4n) is 3.86. The first-order valence-electron chi connectivity index (χ1n) is 11.4. The summed E-state index contributed by atoms with van der Waals surface area (Å²) in [7, 11) is 0. The summed E-state index contributed by atoms with van der Waals surface area (Å²) in [5, 5.41) is 15.1. The fourth-order valence-corrected chi connectivity index (χ4v) is 3.86. The molecule has 0 saturated carbocycles. The molecule has 2 heterocycles. The van der Waals surface area contributed by atoms with Gasteiger partial charge in [0.25, 0.3) is 5.56 Å². The van der Waals surface area contributed by atoms with Crippen LogP contribution in [0.1, 0.15) is 43.5 Å². The Balaban J connectivity index is 1.68. The number of nitrogens with one attached hydrogen (secondary N) is 2. The Morgan fingerprint density at radius 1 is 0.971 bits per heavy atom. The Hall–Kier alpha value is -4.27. The normalized spacial score (nSPS) is 11.1. The summed E-state index contributed by atoms with van der Waals surface area (Å²) in [6.45, 7) is 9.19. The maximum Gasteiger partial charge on any atom is 0.293 e. The summed E-state index contributed by atoms with van der Waals surface area (Å²) in [6.07, 6.45) is 1.66. The molecule has 4 rings (SSSR count). The second-order valence-corrected chi connectivity index (χ2v) is 8.90. The number of hydrogen-bond acceptors (Lipinski definition) is 5. The predicted molar refractivity (Wildman–Crippen MR) is 136 cm³/mol. The molecule has 0 saturated heterocycles. The van der Waals surface area contributed by atoms with E-state index >= 15 is 0 Å². The molecule has 2 aromatic carbocycles. The first-order valence-corrected chi connectivity index (χ1v) is 11.4. The van der Waals surface area contributed by atoms with Gasteiger partial charge < -0.3 is 10.6 Å². The number of nitrogens with zero attached hydrogens (tertiary/aromatic N) is 4. The van der Waals surface area contributed by atoms with Crippen LogP contribution in [0.4, 0.5) is 11.4 Å². The van der Waals surface area contributed by atoms with Crippen LogP contribution in [0.2, 0.25) is 0 Å². The van der Waals surface area contributed by atoms with E-state index in [0.717, 1.165) is 16.8 Å². The van der Waals surface area contributed by atoms with Crippen LogP contribution in [0.3, 0.4) is 0 Å². The zero-order valence-corrected chi connectivity index (χ0v) is 20.4. The average molecular weight is 473 g/mol. The topological polar surface area (TPSA) is 111 Å². The van der Waals surface area contributed by atoms with Gasteiger partial charge in [0.05, 0.1) is 17.6 Å². The highest BCUT2D eigenvalue weighted by Crippen LogP contribution is 2.24. The van der Waals surface area contributed by atoms with Crippen molar-refractivity contribution in [3.8, 4) is 5.69 Å². The monoisotopic (exact) mass is 472 g/mol. The number of amides is 2. The molecule has 0 unspecified atom stereocenters. The van der Waals surface area contributed by atoms with Gasteiger partial charge in [-0.15, -0.1) is 0 Å². The smallest absolute Gasteiger partial charge is 0.293 e. The highest BCUT2D eigenvalue weighted by molar-refractivity contribution is 5.92. The lowest BCUT2D eigenvalue weighted by molar-refractivity contribution is -0.117. The second kappa shape index (κ2) is 9.54. The van der Waals surface area contributed by atoms with Crippen molar-refractivity contribution < 1.29 is 9.59 Å². The van der Waals surface area contributed by atoms with Gasteiger partial charge in [-0.1, -0.05) is 19.9 Å². The van der Waals surface area contributed by atoms with Crippen LogP contribution in [0, 0.1) is 13.8 Å². The van der Waals surface area contributed by atoms with E-state index in [9.17, 15) is 14.4 Å². The molecule has 0 bridgehead atoms. The van der Waals surface area contributed by atoms with E-state index < -0.39 is 11.5 Å². The van der Waals surface area contributed by atoms with Crippen molar-refractivity contribution in [2.24, 2.45) is 0 Å². The van der Waals surface area contributed by atoms with Crippen molar-refractivity contribution >= 4 is 34.1 Å². The van der Waals surface area contributed by atoms with E-state index in [1.54, 1.807) is 35.1 Å². The van der Waals surface area contributed by atoms with E-state index in [2.05, 4.69) is 20.8 Å². The Morgan fingerprint density at radius 3 is 2.23 bits per heavy atom. The number of aromatic nitrogens is 4. The van der Waals surface area contributed by atoms with Crippen LogP contribution in [-0.2, 0) is 16.1 Å². The minimum absolute atomic E-state index is 0.0196. The molecular weight excluding hydrogens is 444 g/mol. The zero-order chi connectivity index (χ0) is 25.3. The standard InChI is InChI=1S/C26H28N6O3/c1-15(2)24-22-13-27-32(21-11-6-16(3)17(4)12-21)25(22)26(35)31(30-24)14-23(34)29-20-9-7-19(8-10-20)28-18(5)33/h6-13,15H,14H2,1-5H3,(H,28,33)(H,29,34). The van der Waals surface area contributed by atoms with E-state index in [-0.39, 0.29) is 18.4 Å². The van der Waals surface area contributed by atoms with E-state index in [4.69, 9.17) is 0 Å². The number of fused-ring (bicyclic) bond motifs is 1. The van der Waals surface area contributed by atoms with E-state index in [1.807, 2.05) is 45.9 Å². The molecule has 0 spiro atoms. The molecule has 9 nitrogen and oxygen atoms in total. The summed E-state index contributed by atoms with van der Waals surface area (Å²) < 4.78 is 2.81. The molecule has 2 aromatic heterocycles. The second-order valence-electron chi connectivity index (χ2n) is 8.90. The molecule has 180 valence electrons. The molecule has 0 radical (unpaired) electrons. The van der Waals surface area contributed by atoms with Crippen LogP contribution in [0.25, 0.3) is 16.6 Å². The van der Waals surface area contributed by atoms with Gasteiger partial charge in [0.1, 0.15) is 12.1 Å². The minimum Gasteiger partial charge on any atom is -0.326 e. The third kappa shape index (κ3) is 4.98. The zero-order valence-electron chi connectivity index (χ0n) is 20.4. The molecule has 35 heavy (non-hydrogen) atoms. The SMILES string of the molecule is CC(=O)Nc1ccc(NC(=O)Cn2nc(C(C)C)c3cnn(-c4ccc(C)c(C)c4)c3c2=O)cc1. The molecule has 4 aromatic rings. The first-order chi connectivity index (χ1) is 16.6. The van der Waals surface area contributed by atoms with Gasteiger partial charge in [-0.3, -0.25) is 14.4 Å². The lowest BCUT2D eigenvalue weighted by atomic mass is 10.1. The van der Waals surface area contributed by atoms with Crippen LogP contribution >= 0.6 is 0 Å². The third-order valence-corrected chi connectivity index (χ3v) is 5.77. The maximum absolute atomic E-state index is 13.5. The number of hydrogen-bond donors (Lipinski definition) is 2. The Labute approximate surface area is 202 Å². The maximum atomic E-state index is 13.5. The Bertz CT molecular complexity index is 1480. The van der Waals surface area contributed by atoms with Crippen molar-refractivity contribution in [2.45, 2.75) is 47.1 Å². The van der Waals surface area contributed by atoms with Gasteiger partial charge in [0, 0.05) is 23.7 Å². The number of rotatable bonds is 6. The van der Waals surface area contributed by atoms with Crippen molar-refractivity contribution in [2.75, 3.05) is 10.6 Å². The molecule has 0 aliphatic rings. The van der Waals surface area contributed by atoms with Crippen LogP contribution < -0.4 is 16.2 Å². The van der Waals surface area contributed by atoms with Gasteiger partial charge in [0.15, 0.2) is 0 Å². The fraction of sp³-hybridized carbons (Fsp3) is 0.269. The molecule has 2 N–H and O–H groups in total. The average Bonchev–Trinajstić information content (AvgIpc) is 3.24. The summed E-state index contributed by atoms with van der Waals surface area (Å²) in [4.78, 5) is 37.4. The number of anilines is 2. The van der Waals surface area contributed by atoms with Crippen molar-refractivity contribution in [3.63, 3.8) is 0 Å². The summed E-state index contributed by atoms with van der Waals surface area (Å²) in [6, 6.07) is 12.6. The van der Waals surface area contributed by atoms with Gasteiger partial charge in [0.2, 0.25) is 11.8 Å². The highest BCUT2D eigenvalue weighted by Gasteiger charge is 2.20. The summed E-state index contributed by atoms with van der Waals surface area (Å²) >= 11 is 0. The van der Waals surface area contributed by atoms with E-state index in [0.29, 0.717) is 28.0 Å². The van der Waals surface area contributed by atoms with Crippen LogP contribution in [0.15, 0.2) is 53.5 Å². The number of benzene rings is 2. The molecule has 9 heteroatoms. The largest absolute Gasteiger partial charge is 0.326 e. The van der Waals surface area contributed by atoms with Crippen molar-refractivity contribution in [1.29, 1.82) is 0 Å². The molecule has 2 amide bonds. The lowest BCUT2D eigenvalue weighted by Gasteiger charge is -2.13. The summed E-state index contributed by atoms with van der Waals surface area (Å²) in [5.41, 5.74) is 4.87. The van der Waals surface area contributed by atoms with Gasteiger partial charge in [-0.25, -0.2) is 9.36 Å². The Morgan fingerprint density at radius 2 is 1.63 bits per heavy atom. The van der Waals surface area contributed by atoms with Crippen molar-refractivity contribution in [3.05, 3.63) is 75.8 Å². The molecule has 0 aliphatic heterocycles. The molecule has 0 atom stereocenters. The summed E-state index contributed by atoms with van der Waals surface area (Å²) in [5.74, 6) is -0.548. The minimum atomic E-state index is -0.392. The van der Waals surface area contributed by atoms with Crippen LogP contribution in [-0.4, -0.2) is 31.4 Å². The quantitative estimate of drug-likeness (QED) is 0.442. The first kappa shape index (κ1) is 23.9. The number of carbonyl (C=O) groups is 2. The van der Waals surface area contributed by atoms with Gasteiger partial charge >= 0.3 is 0 Å². The molecule has 0 fully saturated rings. The Kier molecular flexibility index (Phi) is 6.50. The van der Waals surface area contributed by atoms with Gasteiger partial charge in [-0.05, 0) is 67.3 Å². The lowest BCUT2D eigenvalue weighted by Crippen LogP contribution is -2.31. The van der Waals surface area contributed by atoms with Gasteiger partial charge in [-0.2, -0.15) is 10.2 Å². The van der Waals surface area contributed by atoms with E-state index in [1.165, 1.54) is 11.6 Å². The van der Waals surface area contributed by atoms with Crippen LogP contribution in [0.5, 0.6) is 0 Å². The highest BCUT2D eigenvalue weighted by atomic mass is 16.2. The predicted octanol–water partition coefficient (Wildman–Crippen LogP) is 3.92. The van der Waals surface area contributed by atoms with Crippen molar-refractivity contribution in [1.82, 2.24) is 19.6 Å². The third-order valence-electron chi connectivity index (χ3n) is 5.77.